The van der Waals surface area contributed by atoms with E-state index >= 15 is 0 Å². The summed E-state index contributed by atoms with van der Waals surface area (Å²) in [7, 11) is 0. The van der Waals surface area contributed by atoms with Crippen molar-refractivity contribution in [2.75, 3.05) is 0 Å². The van der Waals surface area contributed by atoms with E-state index in [1.807, 2.05) is 18.2 Å². The SMILES string of the molecule is CC1=C(c2ccccc2)[C@H](O)CC1. The van der Waals surface area contributed by atoms with Gasteiger partial charge in [-0.1, -0.05) is 35.9 Å². The van der Waals surface area contributed by atoms with Crippen LogP contribution in [0.25, 0.3) is 5.57 Å². The Hall–Kier alpha value is -1.08. The summed E-state index contributed by atoms with van der Waals surface area (Å²) in [4.78, 5) is 0. The maximum absolute atomic E-state index is 9.75. The van der Waals surface area contributed by atoms with Crippen molar-refractivity contribution in [3.8, 4) is 0 Å². The molecule has 1 atom stereocenters. The van der Waals surface area contributed by atoms with Gasteiger partial charge in [-0.25, -0.2) is 0 Å². The van der Waals surface area contributed by atoms with Crippen LogP contribution in [0.1, 0.15) is 25.3 Å². The predicted octanol–water partition coefficient (Wildman–Crippen LogP) is 2.61. The minimum atomic E-state index is -0.248. The van der Waals surface area contributed by atoms with Gasteiger partial charge in [-0.3, -0.25) is 0 Å². The van der Waals surface area contributed by atoms with Crippen molar-refractivity contribution in [2.45, 2.75) is 25.9 Å². The molecule has 1 nitrogen and oxygen atoms in total. The molecule has 1 aliphatic rings. The second kappa shape index (κ2) is 3.35. The second-order valence-corrected chi connectivity index (χ2v) is 3.61. The zero-order valence-corrected chi connectivity index (χ0v) is 7.83. The number of hydrogen-bond acceptors (Lipinski definition) is 1. The first-order chi connectivity index (χ1) is 6.29. The highest BCUT2D eigenvalue weighted by Crippen LogP contribution is 2.33. The number of allylic oxidation sites excluding steroid dienone is 1. The third-order valence-corrected chi connectivity index (χ3v) is 2.67. The summed E-state index contributed by atoms with van der Waals surface area (Å²) in [6.07, 6.45) is 1.67. The van der Waals surface area contributed by atoms with Crippen LogP contribution in [-0.2, 0) is 0 Å². The molecule has 68 valence electrons. The van der Waals surface area contributed by atoms with E-state index < -0.39 is 0 Å². The molecular weight excluding hydrogens is 160 g/mol. The van der Waals surface area contributed by atoms with E-state index in [-0.39, 0.29) is 6.10 Å². The molecule has 1 N–H and O–H groups in total. The van der Waals surface area contributed by atoms with Gasteiger partial charge in [0.15, 0.2) is 0 Å². The Kier molecular flexibility index (Phi) is 2.19. The maximum atomic E-state index is 9.75. The zero-order chi connectivity index (χ0) is 9.26. The lowest BCUT2D eigenvalue weighted by atomic mass is 10.0. The van der Waals surface area contributed by atoms with Crippen LogP contribution < -0.4 is 0 Å². The van der Waals surface area contributed by atoms with Crippen LogP contribution in [0, 0.1) is 0 Å². The van der Waals surface area contributed by atoms with E-state index in [2.05, 4.69) is 19.1 Å². The average molecular weight is 174 g/mol. The lowest BCUT2D eigenvalue weighted by Gasteiger charge is -2.09. The van der Waals surface area contributed by atoms with E-state index in [4.69, 9.17) is 0 Å². The van der Waals surface area contributed by atoms with Crippen LogP contribution in [0.5, 0.6) is 0 Å². The molecule has 0 amide bonds. The zero-order valence-electron chi connectivity index (χ0n) is 7.83. The Balaban J connectivity index is 2.41. The summed E-state index contributed by atoms with van der Waals surface area (Å²) in [6.45, 7) is 2.11. The molecule has 0 saturated heterocycles. The Morgan fingerprint density at radius 1 is 1.23 bits per heavy atom. The van der Waals surface area contributed by atoms with E-state index in [9.17, 15) is 5.11 Å². The van der Waals surface area contributed by atoms with Gasteiger partial charge < -0.3 is 5.11 Å². The number of hydrogen-bond donors (Lipinski definition) is 1. The molecule has 0 spiro atoms. The summed E-state index contributed by atoms with van der Waals surface area (Å²) in [5, 5.41) is 9.75. The fourth-order valence-electron chi connectivity index (χ4n) is 1.97. The van der Waals surface area contributed by atoms with Crippen molar-refractivity contribution < 1.29 is 5.11 Å². The van der Waals surface area contributed by atoms with Gasteiger partial charge in [-0.05, 0) is 30.9 Å². The smallest absolute Gasteiger partial charge is 0.0798 e. The van der Waals surface area contributed by atoms with Gasteiger partial charge in [0.25, 0.3) is 0 Å². The lowest BCUT2D eigenvalue weighted by molar-refractivity contribution is 0.231. The summed E-state index contributed by atoms with van der Waals surface area (Å²) in [5.74, 6) is 0. The molecular formula is C12H14O. The topological polar surface area (TPSA) is 20.2 Å². The average Bonchev–Trinajstić information content (AvgIpc) is 2.48. The van der Waals surface area contributed by atoms with Gasteiger partial charge >= 0.3 is 0 Å². The molecule has 0 heterocycles. The first-order valence-corrected chi connectivity index (χ1v) is 4.72. The molecule has 1 aromatic carbocycles. The first kappa shape index (κ1) is 8.52. The minimum absolute atomic E-state index is 0.248. The van der Waals surface area contributed by atoms with E-state index in [1.165, 1.54) is 11.1 Å². The van der Waals surface area contributed by atoms with Gasteiger partial charge in [0, 0.05) is 0 Å². The van der Waals surface area contributed by atoms with Gasteiger partial charge in [0.1, 0.15) is 0 Å². The van der Waals surface area contributed by atoms with Crippen molar-refractivity contribution in [1.29, 1.82) is 0 Å². The molecule has 0 aromatic heterocycles. The normalized spacial score (nSPS) is 22.5. The summed E-state index contributed by atoms with van der Waals surface area (Å²) in [6, 6.07) is 10.2. The quantitative estimate of drug-likeness (QED) is 0.694. The second-order valence-electron chi connectivity index (χ2n) is 3.61. The first-order valence-electron chi connectivity index (χ1n) is 4.72. The van der Waals surface area contributed by atoms with Crippen LogP contribution in [0.4, 0.5) is 0 Å². The molecule has 0 unspecified atom stereocenters. The van der Waals surface area contributed by atoms with Crippen LogP contribution in [0.15, 0.2) is 35.9 Å². The molecule has 0 aliphatic heterocycles. The van der Waals surface area contributed by atoms with Crippen LogP contribution in [0.2, 0.25) is 0 Å². The Labute approximate surface area is 78.7 Å². The van der Waals surface area contributed by atoms with Crippen molar-refractivity contribution >= 4 is 5.57 Å². The van der Waals surface area contributed by atoms with E-state index in [0.717, 1.165) is 18.4 Å². The highest BCUT2D eigenvalue weighted by molar-refractivity contribution is 5.73. The van der Waals surface area contributed by atoms with Crippen LogP contribution >= 0.6 is 0 Å². The molecule has 0 saturated carbocycles. The van der Waals surface area contributed by atoms with Crippen molar-refractivity contribution in [3.63, 3.8) is 0 Å². The highest BCUT2D eigenvalue weighted by atomic mass is 16.3. The molecule has 1 heteroatoms. The molecule has 0 radical (unpaired) electrons. The van der Waals surface area contributed by atoms with Crippen molar-refractivity contribution in [2.24, 2.45) is 0 Å². The van der Waals surface area contributed by atoms with E-state index in [1.54, 1.807) is 0 Å². The third kappa shape index (κ3) is 1.52. The Morgan fingerprint density at radius 2 is 1.92 bits per heavy atom. The predicted molar refractivity (Wildman–Crippen MR) is 54.3 cm³/mol. The fourth-order valence-corrected chi connectivity index (χ4v) is 1.97. The largest absolute Gasteiger partial charge is 0.388 e. The van der Waals surface area contributed by atoms with Gasteiger partial charge in [0.2, 0.25) is 0 Å². The van der Waals surface area contributed by atoms with E-state index in [0.29, 0.717) is 0 Å². The van der Waals surface area contributed by atoms with Crippen LogP contribution in [0.3, 0.4) is 0 Å². The molecule has 1 aromatic rings. The fraction of sp³-hybridized carbons (Fsp3) is 0.333. The number of aliphatic hydroxyl groups is 1. The number of aliphatic hydroxyl groups excluding tert-OH is 1. The molecule has 0 fully saturated rings. The third-order valence-electron chi connectivity index (χ3n) is 2.67. The Bertz CT molecular complexity index is 324. The molecule has 13 heavy (non-hydrogen) atoms. The number of rotatable bonds is 1. The number of benzene rings is 1. The van der Waals surface area contributed by atoms with Gasteiger partial charge in [0.05, 0.1) is 6.10 Å². The summed E-state index contributed by atoms with van der Waals surface area (Å²) < 4.78 is 0. The molecule has 2 rings (SSSR count). The Morgan fingerprint density at radius 3 is 2.46 bits per heavy atom. The molecule has 0 bridgehead atoms. The highest BCUT2D eigenvalue weighted by Gasteiger charge is 2.21. The summed E-state index contributed by atoms with van der Waals surface area (Å²) in [5.41, 5.74) is 3.64. The summed E-state index contributed by atoms with van der Waals surface area (Å²) >= 11 is 0. The lowest BCUT2D eigenvalue weighted by Crippen LogP contribution is -2.03. The molecule has 1 aliphatic carbocycles. The monoisotopic (exact) mass is 174 g/mol. The maximum Gasteiger partial charge on any atom is 0.0798 e. The standard InChI is InChI=1S/C12H14O/c1-9-7-8-11(13)12(9)10-5-3-2-4-6-10/h2-6,11,13H,7-8H2,1H3/t11-/m1/s1. The van der Waals surface area contributed by atoms with Crippen molar-refractivity contribution in [1.82, 2.24) is 0 Å². The van der Waals surface area contributed by atoms with Gasteiger partial charge in [-0.15, -0.1) is 0 Å². The minimum Gasteiger partial charge on any atom is -0.388 e. The van der Waals surface area contributed by atoms with Crippen LogP contribution in [-0.4, -0.2) is 11.2 Å². The van der Waals surface area contributed by atoms with Gasteiger partial charge in [-0.2, -0.15) is 0 Å². The van der Waals surface area contributed by atoms with Crippen molar-refractivity contribution in [3.05, 3.63) is 41.5 Å².